The van der Waals surface area contributed by atoms with E-state index in [4.69, 9.17) is 10.6 Å². The Hall–Kier alpha value is -1.66. The van der Waals surface area contributed by atoms with Crippen LogP contribution in [0.5, 0.6) is 0 Å². The summed E-state index contributed by atoms with van der Waals surface area (Å²) < 4.78 is 5.45. The highest BCUT2D eigenvalue weighted by atomic mass is 16.5. The molecule has 6 nitrogen and oxygen atoms in total. The van der Waals surface area contributed by atoms with E-state index in [0.29, 0.717) is 17.8 Å². The lowest BCUT2D eigenvalue weighted by Gasteiger charge is -2.40. The van der Waals surface area contributed by atoms with Gasteiger partial charge in [-0.2, -0.15) is 0 Å². The molecular formula is C12H18N4O2. The van der Waals surface area contributed by atoms with E-state index in [1.165, 1.54) is 6.20 Å². The van der Waals surface area contributed by atoms with Gasteiger partial charge in [0.1, 0.15) is 0 Å². The zero-order valence-corrected chi connectivity index (χ0v) is 10.4. The standard InChI is InChI=1S/C12H18N4O2/c1-18-12(4-2-5-12)8-15-11(17)9-3-6-14-7-10(9)16-13/h3,6-7,16H,2,4-5,8,13H2,1H3,(H,15,17). The van der Waals surface area contributed by atoms with E-state index in [0.717, 1.165) is 19.3 Å². The predicted octanol–water partition coefficient (Wildman–Crippen LogP) is 0.666. The molecule has 1 aliphatic carbocycles. The van der Waals surface area contributed by atoms with Crippen molar-refractivity contribution in [3.63, 3.8) is 0 Å². The fourth-order valence-electron chi connectivity index (χ4n) is 2.07. The molecule has 0 aliphatic heterocycles. The number of carbonyl (C=O) groups excluding carboxylic acids is 1. The van der Waals surface area contributed by atoms with Gasteiger partial charge in [-0.25, -0.2) is 0 Å². The number of hydrogen-bond donors (Lipinski definition) is 3. The van der Waals surface area contributed by atoms with Crippen molar-refractivity contribution in [2.75, 3.05) is 19.1 Å². The van der Waals surface area contributed by atoms with Crippen LogP contribution in [0, 0.1) is 0 Å². The molecule has 0 radical (unpaired) electrons. The fraction of sp³-hybridized carbons (Fsp3) is 0.500. The molecule has 98 valence electrons. The number of aromatic nitrogens is 1. The fourth-order valence-corrected chi connectivity index (χ4v) is 2.07. The molecule has 0 bridgehead atoms. The van der Waals surface area contributed by atoms with E-state index in [2.05, 4.69) is 15.7 Å². The third kappa shape index (κ3) is 2.44. The van der Waals surface area contributed by atoms with E-state index in [9.17, 15) is 4.79 Å². The largest absolute Gasteiger partial charge is 0.376 e. The number of rotatable bonds is 5. The number of nitrogens with zero attached hydrogens (tertiary/aromatic N) is 1. The molecule has 2 rings (SSSR count). The van der Waals surface area contributed by atoms with E-state index in [1.807, 2.05) is 0 Å². The van der Waals surface area contributed by atoms with E-state index < -0.39 is 0 Å². The number of amides is 1. The Morgan fingerprint density at radius 3 is 2.94 bits per heavy atom. The number of methoxy groups -OCH3 is 1. The number of nitrogen functional groups attached to an aromatic ring is 1. The van der Waals surface area contributed by atoms with Crippen molar-refractivity contribution in [3.05, 3.63) is 24.0 Å². The van der Waals surface area contributed by atoms with Crippen LogP contribution in [-0.2, 0) is 4.74 Å². The van der Waals surface area contributed by atoms with Crippen LogP contribution in [0.25, 0.3) is 0 Å². The van der Waals surface area contributed by atoms with Crippen LogP contribution in [0.3, 0.4) is 0 Å². The van der Waals surface area contributed by atoms with E-state index in [1.54, 1.807) is 19.4 Å². The van der Waals surface area contributed by atoms with E-state index in [-0.39, 0.29) is 11.5 Å². The maximum absolute atomic E-state index is 12.0. The number of hydrogen-bond acceptors (Lipinski definition) is 5. The highest BCUT2D eigenvalue weighted by Crippen LogP contribution is 2.34. The van der Waals surface area contributed by atoms with Gasteiger partial charge in [0.2, 0.25) is 0 Å². The van der Waals surface area contributed by atoms with Gasteiger partial charge in [0, 0.05) is 19.9 Å². The second-order valence-electron chi connectivity index (χ2n) is 4.49. The number of nitrogens with two attached hydrogens (primary N) is 1. The maximum Gasteiger partial charge on any atom is 0.253 e. The molecule has 1 heterocycles. The molecule has 1 fully saturated rings. The summed E-state index contributed by atoms with van der Waals surface area (Å²) >= 11 is 0. The molecule has 1 amide bonds. The Bertz CT molecular complexity index is 426. The SMILES string of the molecule is COC1(CNC(=O)c2ccncc2NN)CCC1. The first-order valence-corrected chi connectivity index (χ1v) is 5.95. The first-order valence-electron chi connectivity index (χ1n) is 5.95. The zero-order valence-electron chi connectivity index (χ0n) is 10.4. The molecule has 0 atom stereocenters. The van der Waals surface area contributed by atoms with Crippen molar-refractivity contribution in [1.82, 2.24) is 10.3 Å². The van der Waals surface area contributed by atoms with Gasteiger partial charge in [-0.05, 0) is 25.3 Å². The Kier molecular flexibility index (Phi) is 3.78. The normalized spacial score (nSPS) is 16.8. The second kappa shape index (κ2) is 5.32. The maximum atomic E-state index is 12.0. The minimum Gasteiger partial charge on any atom is -0.376 e. The van der Waals surface area contributed by atoms with Gasteiger partial charge in [0.15, 0.2) is 0 Å². The van der Waals surface area contributed by atoms with Crippen LogP contribution in [0.4, 0.5) is 5.69 Å². The van der Waals surface area contributed by atoms with Gasteiger partial charge in [0.05, 0.1) is 23.0 Å². The van der Waals surface area contributed by atoms with Crippen molar-refractivity contribution in [2.45, 2.75) is 24.9 Å². The molecule has 1 aromatic heterocycles. The van der Waals surface area contributed by atoms with Crippen molar-refractivity contribution >= 4 is 11.6 Å². The smallest absolute Gasteiger partial charge is 0.253 e. The molecule has 0 aromatic carbocycles. The van der Waals surface area contributed by atoms with Crippen molar-refractivity contribution in [3.8, 4) is 0 Å². The molecule has 0 unspecified atom stereocenters. The highest BCUT2D eigenvalue weighted by molar-refractivity contribution is 5.99. The van der Waals surface area contributed by atoms with Gasteiger partial charge in [-0.3, -0.25) is 15.6 Å². The van der Waals surface area contributed by atoms with Gasteiger partial charge in [-0.1, -0.05) is 0 Å². The lowest BCUT2D eigenvalue weighted by Crippen LogP contribution is -2.49. The molecule has 0 saturated heterocycles. The minimum absolute atomic E-state index is 0.173. The molecule has 4 N–H and O–H groups in total. The second-order valence-corrected chi connectivity index (χ2v) is 4.49. The summed E-state index contributed by atoms with van der Waals surface area (Å²) in [4.78, 5) is 15.9. The summed E-state index contributed by atoms with van der Waals surface area (Å²) in [5.41, 5.74) is 3.27. The average molecular weight is 250 g/mol. The Morgan fingerprint density at radius 1 is 1.61 bits per heavy atom. The van der Waals surface area contributed by atoms with Crippen LogP contribution >= 0.6 is 0 Å². The van der Waals surface area contributed by atoms with Gasteiger partial charge in [0.25, 0.3) is 5.91 Å². The first kappa shape index (κ1) is 12.8. The summed E-state index contributed by atoms with van der Waals surface area (Å²) in [6, 6.07) is 1.63. The lowest BCUT2D eigenvalue weighted by molar-refractivity contribution is -0.0679. The topological polar surface area (TPSA) is 89.3 Å². The van der Waals surface area contributed by atoms with Crippen LogP contribution in [0.1, 0.15) is 29.6 Å². The monoisotopic (exact) mass is 250 g/mol. The lowest BCUT2D eigenvalue weighted by atomic mass is 9.80. The summed E-state index contributed by atoms with van der Waals surface area (Å²) in [6.45, 7) is 0.522. The van der Waals surface area contributed by atoms with E-state index >= 15 is 0 Å². The molecule has 1 saturated carbocycles. The molecule has 6 heteroatoms. The van der Waals surface area contributed by atoms with Gasteiger partial charge in [-0.15, -0.1) is 0 Å². The Balaban J connectivity index is 1.99. The van der Waals surface area contributed by atoms with Gasteiger partial charge >= 0.3 is 0 Å². The number of pyridine rings is 1. The average Bonchev–Trinajstić information content (AvgIpc) is 2.37. The number of nitrogens with one attached hydrogen (secondary N) is 2. The number of anilines is 1. The summed E-state index contributed by atoms with van der Waals surface area (Å²) in [7, 11) is 1.69. The molecule has 0 spiro atoms. The Labute approximate surface area is 106 Å². The zero-order chi connectivity index (χ0) is 13.0. The van der Waals surface area contributed by atoms with Gasteiger partial charge < -0.3 is 15.5 Å². The first-order chi connectivity index (χ1) is 8.71. The van der Waals surface area contributed by atoms with Crippen LogP contribution in [0.2, 0.25) is 0 Å². The predicted molar refractivity (Wildman–Crippen MR) is 68.0 cm³/mol. The van der Waals surface area contributed by atoms with Crippen molar-refractivity contribution < 1.29 is 9.53 Å². The van der Waals surface area contributed by atoms with Crippen LogP contribution in [0.15, 0.2) is 18.5 Å². The molecular weight excluding hydrogens is 232 g/mol. The molecule has 18 heavy (non-hydrogen) atoms. The summed E-state index contributed by atoms with van der Waals surface area (Å²) in [5, 5.41) is 2.88. The number of carbonyl (C=O) groups is 1. The third-order valence-corrected chi connectivity index (χ3v) is 3.49. The number of hydrazine groups is 1. The molecule has 1 aromatic rings. The Morgan fingerprint density at radius 2 is 2.39 bits per heavy atom. The minimum atomic E-state index is -0.182. The third-order valence-electron chi connectivity index (χ3n) is 3.49. The highest BCUT2D eigenvalue weighted by Gasteiger charge is 2.37. The molecule has 1 aliphatic rings. The summed E-state index contributed by atoms with van der Waals surface area (Å²) in [6.07, 6.45) is 6.20. The quantitative estimate of drug-likeness (QED) is 0.528. The van der Waals surface area contributed by atoms with Crippen LogP contribution < -0.4 is 16.6 Å². The van der Waals surface area contributed by atoms with Crippen molar-refractivity contribution in [2.24, 2.45) is 5.84 Å². The van der Waals surface area contributed by atoms with Crippen molar-refractivity contribution in [1.29, 1.82) is 0 Å². The summed E-state index contributed by atoms with van der Waals surface area (Å²) in [5.74, 6) is 5.17. The van der Waals surface area contributed by atoms with Crippen LogP contribution in [-0.4, -0.2) is 30.1 Å². The number of ether oxygens (including phenoxy) is 1.